The summed E-state index contributed by atoms with van der Waals surface area (Å²) in [5, 5.41) is 9.03. The summed E-state index contributed by atoms with van der Waals surface area (Å²) in [6, 6.07) is 17.6. The Labute approximate surface area is 173 Å². The molecule has 0 spiro atoms. The van der Waals surface area contributed by atoms with Crippen LogP contribution in [0.25, 0.3) is 0 Å². The number of nitrogens with two attached hydrogens (primary N) is 1. The number of hydrogen-bond acceptors (Lipinski definition) is 3. The number of halogens is 1. The fourth-order valence-electron chi connectivity index (χ4n) is 3.39. The Hall–Kier alpha value is -2.32. The van der Waals surface area contributed by atoms with Gasteiger partial charge in [0.05, 0.1) is 6.61 Å². The van der Waals surface area contributed by atoms with E-state index in [1.54, 1.807) is 4.90 Å². The number of hydrogen-bond donors (Lipinski definition) is 2. The first-order valence-electron chi connectivity index (χ1n) is 9.47. The summed E-state index contributed by atoms with van der Waals surface area (Å²) in [7, 11) is 0. The lowest BCUT2D eigenvalue weighted by molar-refractivity contribution is -0.134. The van der Waals surface area contributed by atoms with E-state index >= 15 is 0 Å². The molecule has 1 heterocycles. The van der Waals surface area contributed by atoms with E-state index in [2.05, 4.69) is 36.1 Å². The number of benzene rings is 2. The average molecular weight is 399 g/mol. The molecule has 0 aromatic heterocycles. The molecule has 1 aliphatic heterocycles. The SMILES string of the molecule is Cl.NC(CO)C(=O)N1CCC(Cc2ccc(C#Cc3ccccc3)cc2)CC1. The summed E-state index contributed by atoms with van der Waals surface area (Å²) in [5.74, 6) is 6.80. The Kier molecular flexibility index (Phi) is 8.53. The van der Waals surface area contributed by atoms with Crippen LogP contribution in [0.15, 0.2) is 54.6 Å². The number of amides is 1. The highest BCUT2D eigenvalue weighted by Gasteiger charge is 2.25. The fraction of sp³-hybridized carbons (Fsp3) is 0.348. The number of aliphatic hydroxyl groups is 1. The van der Waals surface area contributed by atoms with Crippen LogP contribution in [0.2, 0.25) is 0 Å². The Balaban J connectivity index is 0.00000280. The molecule has 3 N–H and O–H groups in total. The van der Waals surface area contributed by atoms with Crippen molar-refractivity contribution < 1.29 is 9.90 Å². The molecule has 5 heteroatoms. The van der Waals surface area contributed by atoms with Gasteiger partial charge in [0.2, 0.25) is 5.91 Å². The molecule has 2 aromatic carbocycles. The van der Waals surface area contributed by atoms with Crippen LogP contribution >= 0.6 is 12.4 Å². The lowest BCUT2D eigenvalue weighted by Gasteiger charge is -2.33. The minimum atomic E-state index is -0.786. The lowest BCUT2D eigenvalue weighted by Crippen LogP contribution is -2.48. The van der Waals surface area contributed by atoms with Crippen LogP contribution in [0.5, 0.6) is 0 Å². The predicted octanol–water partition coefficient (Wildman–Crippen LogP) is 2.61. The van der Waals surface area contributed by atoms with Gasteiger partial charge in [0.1, 0.15) is 6.04 Å². The number of carbonyl (C=O) groups excluding carboxylic acids is 1. The normalized spacial score (nSPS) is 15.1. The first-order valence-corrected chi connectivity index (χ1v) is 9.47. The number of nitrogens with zero attached hydrogens (tertiary/aromatic N) is 1. The summed E-state index contributed by atoms with van der Waals surface area (Å²) in [5.41, 5.74) is 8.96. The van der Waals surface area contributed by atoms with Gasteiger partial charge in [-0.2, -0.15) is 0 Å². The number of rotatable bonds is 4. The Morgan fingerprint density at radius 2 is 1.61 bits per heavy atom. The monoisotopic (exact) mass is 398 g/mol. The van der Waals surface area contributed by atoms with Crippen molar-refractivity contribution in [3.8, 4) is 11.8 Å². The molecule has 1 fully saturated rings. The topological polar surface area (TPSA) is 66.6 Å². The van der Waals surface area contributed by atoms with Gasteiger partial charge in [0, 0.05) is 24.2 Å². The van der Waals surface area contributed by atoms with E-state index in [1.807, 2.05) is 30.3 Å². The number of likely N-dealkylation sites (tertiary alicyclic amines) is 1. The van der Waals surface area contributed by atoms with E-state index in [4.69, 9.17) is 10.8 Å². The summed E-state index contributed by atoms with van der Waals surface area (Å²) >= 11 is 0. The summed E-state index contributed by atoms with van der Waals surface area (Å²) < 4.78 is 0. The zero-order valence-electron chi connectivity index (χ0n) is 15.9. The first-order chi connectivity index (χ1) is 13.2. The maximum Gasteiger partial charge on any atom is 0.241 e. The summed E-state index contributed by atoms with van der Waals surface area (Å²) in [4.78, 5) is 13.8. The van der Waals surface area contributed by atoms with Crippen molar-refractivity contribution in [2.75, 3.05) is 19.7 Å². The third kappa shape index (κ3) is 6.10. The van der Waals surface area contributed by atoms with Gasteiger partial charge in [-0.15, -0.1) is 12.4 Å². The zero-order valence-corrected chi connectivity index (χ0v) is 16.7. The van der Waals surface area contributed by atoms with E-state index in [0.717, 1.165) is 43.5 Å². The molecule has 2 aromatic rings. The Morgan fingerprint density at radius 1 is 1.04 bits per heavy atom. The van der Waals surface area contributed by atoms with Crippen LogP contribution in [0.3, 0.4) is 0 Å². The van der Waals surface area contributed by atoms with Crippen molar-refractivity contribution in [2.24, 2.45) is 11.7 Å². The average Bonchev–Trinajstić information content (AvgIpc) is 2.73. The van der Waals surface area contributed by atoms with E-state index in [1.165, 1.54) is 5.56 Å². The van der Waals surface area contributed by atoms with Crippen molar-refractivity contribution in [1.82, 2.24) is 4.90 Å². The Morgan fingerprint density at radius 3 is 2.18 bits per heavy atom. The van der Waals surface area contributed by atoms with Crippen molar-refractivity contribution in [1.29, 1.82) is 0 Å². The standard InChI is InChI=1S/C23H26N2O2.ClH/c24-22(17-26)23(27)25-14-12-21(13-15-25)16-20-10-8-19(9-11-20)7-6-18-4-2-1-3-5-18;/h1-5,8-11,21-22,26H,12-17,24H2;1H. The molecule has 1 atom stereocenters. The minimum absolute atomic E-state index is 0. The molecule has 148 valence electrons. The second-order valence-electron chi connectivity index (χ2n) is 7.07. The molecule has 0 saturated carbocycles. The smallest absolute Gasteiger partial charge is 0.241 e. The molecule has 0 aliphatic carbocycles. The predicted molar refractivity (Wildman–Crippen MR) is 114 cm³/mol. The van der Waals surface area contributed by atoms with Gasteiger partial charge in [0.15, 0.2) is 0 Å². The Bertz CT molecular complexity index is 804. The number of piperidine rings is 1. The molecule has 4 nitrogen and oxygen atoms in total. The van der Waals surface area contributed by atoms with E-state index in [-0.39, 0.29) is 24.9 Å². The molecular weight excluding hydrogens is 372 g/mol. The second-order valence-corrected chi connectivity index (χ2v) is 7.07. The van der Waals surface area contributed by atoms with Crippen LogP contribution < -0.4 is 5.73 Å². The number of carbonyl (C=O) groups is 1. The van der Waals surface area contributed by atoms with Crippen molar-refractivity contribution >= 4 is 18.3 Å². The molecule has 0 bridgehead atoms. The summed E-state index contributed by atoms with van der Waals surface area (Å²) in [6.45, 7) is 1.15. The summed E-state index contributed by atoms with van der Waals surface area (Å²) in [6.07, 6.45) is 2.96. The number of aliphatic hydroxyl groups excluding tert-OH is 1. The van der Waals surface area contributed by atoms with Gasteiger partial charge in [-0.25, -0.2) is 0 Å². The third-order valence-electron chi connectivity index (χ3n) is 5.04. The molecule has 1 unspecified atom stereocenters. The highest BCUT2D eigenvalue weighted by molar-refractivity contribution is 5.85. The fourth-order valence-corrected chi connectivity index (χ4v) is 3.39. The lowest BCUT2D eigenvalue weighted by atomic mass is 9.89. The van der Waals surface area contributed by atoms with E-state index in [9.17, 15) is 4.79 Å². The first kappa shape index (κ1) is 22.0. The van der Waals surface area contributed by atoms with Gasteiger partial charge in [0.25, 0.3) is 0 Å². The van der Waals surface area contributed by atoms with Crippen molar-refractivity contribution in [2.45, 2.75) is 25.3 Å². The molecule has 28 heavy (non-hydrogen) atoms. The van der Waals surface area contributed by atoms with Crippen LogP contribution in [-0.2, 0) is 11.2 Å². The van der Waals surface area contributed by atoms with E-state index < -0.39 is 6.04 Å². The minimum Gasteiger partial charge on any atom is -0.394 e. The maximum atomic E-state index is 12.0. The van der Waals surface area contributed by atoms with Crippen LogP contribution in [-0.4, -0.2) is 41.7 Å². The highest BCUT2D eigenvalue weighted by atomic mass is 35.5. The third-order valence-corrected chi connectivity index (χ3v) is 5.04. The molecular formula is C23H27ClN2O2. The quantitative estimate of drug-likeness (QED) is 0.778. The van der Waals surface area contributed by atoms with Crippen LogP contribution in [0, 0.1) is 17.8 Å². The molecule has 0 radical (unpaired) electrons. The van der Waals surface area contributed by atoms with E-state index in [0.29, 0.717) is 5.92 Å². The largest absolute Gasteiger partial charge is 0.394 e. The highest BCUT2D eigenvalue weighted by Crippen LogP contribution is 2.22. The maximum absolute atomic E-state index is 12.0. The second kappa shape index (κ2) is 10.9. The zero-order chi connectivity index (χ0) is 19.1. The molecule has 1 amide bonds. The van der Waals surface area contributed by atoms with Gasteiger partial charge >= 0.3 is 0 Å². The molecule has 1 saturated heterocycles. The van der Waals surface area contributed by atoms with Crippen LogP contribution in [0.4, 0.5) is 0 Å². The van der Waals surface area contributed by atoms with Gasteiger partial charge in [-0.05, 0) is 55.0 Å². The van der Waals surface area contributed by atoms with Gasteiger partial charge in [-0.1, -0.05) is 42.2 Å². The van der Waals surface area contributed by atoms with Crippen molar-refractivity contribution in [3.63, 3.8) is 0 Å². The molecule has 1 aliphatic rings. The van der Waals surface area contributed by atoms with Crippen LogP contribution in [0.1, 0.15) is 29.5 Å². The van der Waals surface area contributed by atoms with Gasteiger partial charge in [-0.3, -0.25) is 4.79 Å². The molecule has 3 rings (SSSR count). The van der Waals surface area contributed by atoms with Gasteiger partial charge < -0.3 is 15.7 Å². The van der Waals surface area contributed by atoms with Crippen molar-refractivity contribution in [3.05, 3.63) is 71.3 Å².